The van der Waals surface area contributed by atoms with Gasteiger partial charge in [0.25, 0.3) is 0 Å². The number of nitrogens with one attached hydrogen (secondary N) is 1. The third-order valence-corrected chi connectivity index (χ3v) is 6.75. The highest BCUT2D eigenvalue weighted by atomic mass is 16.5. The summed E-state index contributed by atoms with van der Waals surface area (Å²) in [4.78, 5) is 15.4. The number of piperidine rings is 1. The van der Waals surface area contributed by atoms with E-state index in [1.165, 1.54) is 0 Å². The summed E-state index contributed by atoms with van der Waals surface area (Å²) in [6, 6.07) is 8.99. The summed E-state index contributed by atoms with van der Waals surface area (Å²) in [6.07, 6.45) is 10.8. The van der Waals surface area contributed by atoms with Gasteiger partial charge in [0.2, 0.25) is 0 Å². The topological polar surface area (TPSA) is 89.7 Å². The van der Waals surface area contributed by atoms with E-state index in [9.17, 15) is 0 Å². The Bertz CT molecular complexity index is 1300. The van der Waals surface area contributed by atoms with Gasteiger partial charge in [0.15, 0.2) is 5.82 Å². The Labute approximate surface area is 197 Å². The molecule has 0 amide bonds. The number of pyridine rings is 2. The molecular formula is C25H27N7O2. The molecule has 2 unspecified atom stereocenters. The van der Waals surface area contributed by atoms with Crippen molar-refractivity contribution in [2.24, 2.45) is 0 Å². The standard InChI is InChI=1S/C25H27N7O2/c1-16-8-21(23(12-28-16)34-19-9-17-14-33-15-18(10-19)31(17)2)20-4-3-7-32-22(20)11-24(30-32)29-25-13-26-5-6-27-25/h3-8,11-13,17-19H,9-10,14-15H2,1-2H3,(H,27,29,30). The molecule has 2 saturated heterocycles. The highest BCUT2D eigenvalue weighted by Gasteiger charge is 2.38. The second kappa shape index (κ2) is 8.66. The van der Waals surface area contributed by atoms with Crippen LogP contribution in [0.1, 0.15) is 18.5 Å². The van der Waals surface area contributed by atoms with Crippen molar-refractivity contribution in [2.75, 3.05) is 25.6 Å². The summed E-state index contributed by atoms with van der Waals surface area (Å²) in [5, 5.41) is 7.90. The van der Waals surface area contributed by atoms with Gasteiger partial charge in [-0.3, -0.25) is 14.9 Å². The largest absolute Gasteiger partial charge is 0.488 e. The van der Waals surface area contributed by atoms with Crippen LogP contribution in [0, 0.1) is 6.92 Å². The summed E-state index contributed by atoms with van der Waals surface area (Å²) in [7, 11) is 2.19. The van der Waals surface area contributed by atoms with E-state index in [2.05, 4.69) is 49.4 Å². The number of aromatic nitrogens is 5. The Hall–Kier alpha value is -3.56. The Morgan fingerprint density at radius 2 is 1.88 bits per heavy atom. The van der Waals surface area contributed by atoms with Gasteiger partial charge in [-0.15, -0.1) is 0 Å². The molecule has 6 heterocycles. The minimum absolute atomic E-state index is 0.136. The average molecular weight is 458 g/mol. The molecule has 2 aliphatic heterocycles. The van der Waals surface area contributed by atoms with Crippen LogP contribution < -0.4 is 10.1 Å². The fourth-order valence-electron chi connectivity index (χ4n) is 4.97. The zero-order valence-corrected chi connectivity index (χ0v) is 19.3. The molecule has 0 spiro atoms. The van der Waals surface area contributed by atoms with Gasteiger partial charge in [-0.1, -0.05) is 6.07 Å². The SMILES string of the molecule is Cc1cc(-c2cccn3nc(Nc4cnccn4)cc23)c(OC2CC3COCC(C2)N3C)cn1. The number of ether oxygens (including phenoxy) is 2. The number of anilines is 2. The van der Waals surface area contributed by atoms with Gasteiger partial charge in [-0.2, -0.15) is 5.10 Å². The van der Waals surface area contributed by atoms with Crippen molar-refractivity contribution in [2.45, 2.75) is 38.0 Å². The van der Waals surface area contributed by atoms with Crippen LogP contribution in [0.2, 0.25) is 0 Å². The zero-order chi connectivity index (χ0) is 23.1. The van der Waals surface area contributed by atoms with Crippen molar-refractivity contribution in [3.05, 3.63) is 60.9 Å². The molecule has 174 valence electrons. The van der Waals surface area contributed by atoms with Gasteiger partial charge in [0.05, 0.1) is 31.1 Å². The number of aryl methyl sites for hydroxylation is 1. The van der Waals surface area contributed by atoms with E-state index >= 15 is 0 Å². The van der Waals surface area contributed by atoms with E-state index in [4.69, 9.17) is 9.47 Å². The van der Waals surface area contributed by atoms with Gasteiger partial charge < -0.3 is 14.8 Å². The first kappa shape index (κ1) is 21.0. The van der Waals surface area contributed by atoms with Gasteiger partial charge in [0.1, 0.15) is 17.7 Å². The minimum atomic E-state index is 0.136. The van der Waals surface area contributed by atoms with E-state index in [0.717, 1.165) is 54.1 Å². The van der Waals surface area contributed by atoms with Crippen molar-refractivity contribution in [3.63, 3.8) is 0 Å². The highest BCUT2D eigenvalue weighted by molar-refractivity contribution is 5.85. The van der Waals surface area contributed by atoms with Gasteiger partial charge in [0, 0.05) is 66.4 Å². The fraction of sp³-hybridized carbons (Fsp3) is 0.360. The molecule has 2 aliphatic rings. The third kappa shape index (κ3) is 3.97. The van der Waals surface area contributed by atoms with Crippen LogP contribution in [-0.4, -0.2) is 67.9 Å². The van der Waals surface area contributed by atoms with Crippen LogP contribution in [0.3, 0.4) is 0 Å². The van der Waals surface area contributed by atoms with Crippen LogP contribution in [0.25, 0.3) is 16.6 Å². The summed E-state index contributed by atoms with van der Waals surface area (Å²) >= 11 is 0. The van der Waals surface area contributed by atoms with Crippen molar-refractivity contribution in [3.8, 4) is 16.9 Å². The predicted octanol–water partition coefficient (Wildman–Crippen LogP) is 3.48. The molecule has 4 aromatic heterocycles. The summed E-state index contributed by atoms with van der Waals surface area (Å²) in [5.41, 5.74) is 3.97. The number of fused-ring (bicyclic) bond motifs is 3. The van der Waals surface area contributed by atoms with Gasteiger partial charge in [-0.25, -0.2) is 9.50 Å². The number of hydrogen-bond donors (Lipinski definition) is 1. The molecule has 6 rings (SSSR count). The molecule has 0 aromatic carbocycles. The molecule has 0 saturated carbocycles. The number of likely N-dealkylation sites (N-methyl/N-ethyl adjacent to an activating group) is 1. The van der Waals surface area contributed by atoms with Gasteiger partial charge in [-0.05, 0) is 26.1 Å². The van der Waals surface area contributed by atoms with Gasteiger partial charge >= 0.3 is 0 Å². The average Bonchev–Trinajstić information content (AvgIpc) is 3.24. The maximum Gasteiger partial charge on any atom is 0.154 e. The summed E-state index contributed by atoms with van der Waals surface area (Å²) < 4.78 is 14.3. The molecule has 2 bridgehead atoms. The second-order valence-electron chi connectivity index (χ2n) is 9.04. The summed E-state index contributed by atoms with van der Waals surface area (Å²) in [6.45, 7) is 3.54. The monoisotopic (exact) mass is 457 g/mol. The van der Waals surface area contributed by atoms with Crippen LogP contribution in [0.15, 0.2) is 55.2 Å². The Morgan fingerprint density at radius 1 is 1.03 bits per heavy atom. The zero-order valence-electron chi connectivity index (χ0n) is 19.3. The Kier molecular flexibility index (Phi) is 5.35. The Morgan fingerprint density at radius 3 is 2.68 bits per heavy atom. The Balaban J connectivity index is 1.34. The lowest BCUT2D eigenvalue weighted by atomic mass is 9.92. The van der Waals surface area contributed by atoms with Crippen LogP contribution in [-0.2, 0) is 4.74 Å². The second-order valence-corrected chi connectivity index (χ2v) is 9.04. The van der Waals surface area contributed by atoms with Crippen molar-refractivity contribution in [1.29, 1.82) is 0 Å². The lowest BCUT2D eigenvalue weighted by molar-refractivity contribution is -0.0879. The van der Waals surface area contributed by atoms with E-state index < -0.39 is 0 Å². The van der Waals surface area contributed by atoms with Crippen molar-refractivity contribution in [1.82, 2.24) is 29.5 Å². The molecular weight excluding hydrogens is 430 g/mol. The van der Waals surface area contributed by atoms with Crippen LogP contribution >= 0.6 is 0 Å². The highest BCUT2D eigenvalue weighted by Crippen LogP contribution is 2.37. The molecule has 0 radical (unpaired) electrons. The van der Waals surface area contributed by atoms with Crippen LogP contribution in [0.4, 0.5) is 11.6 Å². The fourth-order valence-corrected chi connectivity index (χ4v) is 4.97. The van der Waals surface area contributed by atoms with Crippen molar-refractivity contribution >= 4 is 17.2 Å². The minimum Gasteiger partial charge on any atom is -0.488 e. The van der Waals surface area contributed by atoms with E-state index in [1.807, 2.05) is 36.0 Å². The van der Waals surface area contributed by atoms with E-state index in [1.54, 1.807) is 18.6 Å². The lowest BCUT2D eigenvalue weighted by Gasteiger charge is -2.46. The first-order chi connectivity index (χ1) is 16.6. The number of nitrogens with zero attached hydrogens (tertiary/aromatic N) is 6. The predicted molar refractivity (Wildman–Crippen MR) is 128 cm³/mol. The van der Waals surface area contributed by atoms with E-state index in [0.29, 0.717) is 23.7 Å². The summed E-state index contributed by atoms with van der Waals surface area (Å²) in [5.74, 6) is 2.15. The van der Waals surface area contributed by atoms with E-state index in [-0.39, 0.29) is 6.10 Å². The number of morpholine rings is 1. The number of hydrogen-bond acceptors (Lipinski definition) is 8. The molecule has 1 N–H and O–H groups in total. The third-order valence-electron chi connectivity index (χ3n) is 6.75. The smallest absolute Gasteiger partial charge is 0.154 e. The first-order valence-electron chi connectivity index (χ1n) is 11.6. The van der Waals surface area contributed by atoms with Crippen LogP contribution in [0.5, 0.6) is 5.75 Å². The maximum absolute atomic E-state index is 6.62. The van der Waals surface area contributed by atoms with Crippen molar-refractivity contribution < 1.29 is 9.47 Å². The quantitative estimate of drug-likeness (QED) is 0.487. The normalized spacial score (nSPS) is 22.6. The molecule has 4 aromatic rings. The molecule has 9 nitrogen and oxygen atoms in total. The molecule has 9 heteroatoms. The molecule has 0 aliphatic carbocycles. The lowest BCUT2D eigenvalue weighted by Crippen LogP contribution is -2.57. The maximum atomic E-state index is 6.62. The number of rotatable bonds is 5. The molecule has 2 fully saturated rings. The molecule has 2 atom stereocenters. The first-order valence-corrected chi connectivity index (χ1v) is 11.6. The molecule has 34 heavy (non-hydrogen) atoms.